The van der Waals surface area contributed by atoms with Crippen LogP contribution >= 0.6 is 11.3 Å². The third-order valence-corrected chi connectivity index (χ3v) is 4.25. The summed E-state index contributed by atoms with van der Waals surface area (Å²) >= 11 is 1.79. The Morgan fingerprint density at radius 2 is 2.27 bits per heavy atom. The molecular formula is C11H19N3S. The quantitative estimate of drug-likeness (QED) is 0.837. The summed E-state index contributed by atoms with van der Waals surface area (Å²) in [6, 6.07) is 0.358. The molecule has 1 aliphatic rings. The zero-order chi connectivity index (χ0) is 10.7. The van der Waals surface area contributed by atoms with E-state index in [-0.39, 0.29) is 0 Å². The van der Waals surface area contributed by atoms with E-state index >= 15 is 0 Å². The Morgan fingerprint density at radius 3 is 2.87 bits per heavy atom. The number of hydrogen-bond donors (Lipinski definition) is 1. The van der Waals surface area contributed by atoms with E-state index in [4.69, 9.17) is 0 Å². The lowest BCUT2D eigenvalue weighted by Crippen LogP contribution is -2.19. The molecular weight excluding hydrogens is 206 g/mol. The molecule has 1 atom stereocenters. The highest BCUT2D eigenvalue weighted by Gasteiger charge is 2.24. The summed E-state index contributed by atoms with van der Waals surface area (Å²) in [6.07, 6.45) is 5.15. The standard InChI is InChI=1S/C11H19N3S/c1-3-7-12-8(2)10-13-14-11(15-10)9-5-4-6-9/h8-9,12H,3-7H2,1-2H3. The summed E-state index contributed by atoms with van der Waals surface area (Å²) in [4.78, 5) is 0. The van der Waals surface area contributed by atoms with Crippen LogP contribution in [0.4, 0.5) is 0 Å². The molecule has 0 bridgehead atoms. The Labute approximate surface area is 95.3 Å². The number of nitrogens with zero attached hydrogens (tertiary/aromatic N) is 2. The summed E-state index contributed by atoms with van der Waals surface area (Å²) in [5, 5.41) is 14.4. The first-order valence-corrected chi connectivity index (χ1v) is 6.69. The zero-order valence-electron chi connectivity index (χ0n) is 9.49. The van der Waals surface area contributed by atoms with Crippen molar-refractivity contribution in [1.82, 2.24) is 15.5 Å². The van der Waals surface area contributed by atoms with Crippen molar-refractivity contribution in [3.8, 4) is 0 Å². The number of hydrogen-bond acceptors (Lipinski definition) is 4. The molecule has 0 amide bonds. The Morgan fingerprint density at radius 1 is 1.47 bits per heavy atom. The van der Waals surface area contributed by atoms with Crippen molar-refractivity contribution in [1.29, 1.82) is 0 Å². The molecule has 0 saturated heterocycles. The Balaban J connectivity index is 1.93. The van der Waals surface area contributed by atoms with E-state index < -0.39 is 0 Å². The second kappa shape index (κ2) is 5.03. The van der Waals surface area contributed by atoms with Crippen molar-refractivity contribution in [2.75, 3.05) is 6.54 Å². The number of nitrogens with one attached hydrogen (secondary N) is 1. The molecule has 1 aromatic rings. The maximum absolute atomic E-state index is 4.30. The van der Waals surface area contributed by atoms with E-state index in [1.165, 1.54) is 30.7 Å². The minimum atomic E-state index is 0.358. The monoisotopic (exact) mass is 225 g/mol. The summed E-state index contributed by atoms with van der Waals surface area (Å²) in [5.41, 5.74) is 0. The van der Waals surface area contributed by atoms with E-state index in [9.17, 15) is 0 Å². The Kier molecular flexibility index (Phi) is 3.70. The second-order valence-electron chi connectivity index (χ2n) is 4.28. The fraction of sp³-hybridized carbons (Fsp3) is 0.818. The molecule has 15 heavy (non-hydrogen) atoms. The lowest BCUT2D eigenvalue weighted by molar-refractivity contribution is 0.416. The van der Waals surface area contributed by atoms with Crippen molar-refractivity contribution in [2.45, 2.75) is 51.5 Å². The van der Waals surface area contributed by atoms with Gasteiger partial charge < -0.3 is 5.32 Å². The van der Waals surface area contributed by atoms with E-state index in [2.05, 4.69) is 29.4 Å². The van der Waals surface area contributed by atoms with Gasteiger partial charge in [0.2, 0.25) is 0 Å². The van der Waals surface area contributed by atoms with Gasteiger partial charge in [0.05, 0.1) is 6.04 Å². The second-order valence-corrected chi connectivity index (χ2v) is 5.32. The molecule has 1 heterocycles. The van der Waals surface area contributed by atoms with E-state index in [1.54, 1.807) is 11.3 Å². The smallest absolute Gasteiger partial charge is 0.134 e. The van der Waals surface area contributed by atoms with Crippen LogP contribution in [0.25, 0.3) is 0 Å². The first-order chi connectivity index (χ1) is 7.31. The summed E-state index contributed by atoms with van der Waals surface area (Å²) in [6.45, 7) is 5.40. The minimum absolute atomic E-state index is 0.358. The van der Waals surface area contributed by atoms with Gasteiger partial charge in [0, 0.05) is 5.92 Å². The first kappa shape index (κ1) is 11.0. The van der Waals surface area contributed by atoms with Gasteiger partial charge in [0.25, 0.3) is 0 Å². The average molecular weight is 225 g/mol. The zero-order valence-corrected chi connectivity index (χ0v) is 10.3. The van der Waals surface area contributed by atoms with Gasteiger partial charge in [-0.1, -0.05) is 24.7 Å². The molecule has 0 aliphatic heterocycles. The molecule has 2 rings (SSSR count). The van der Waals surface area contributed by atoms with Crippen molar-refractivity contribution in [3.05, 3.63) is 10.0 Å². The Bertz CT molecular complexity index is 307. The molecule has 1 aliphatic carbocycles. The normalized spacial score (nSPS) is 18.8. The van der Waals surface area contributed by atoms with E-state index in [0.717, 1.165) is 17.5 Å². The molecule has 84 valence electrons. The highest BCUT2D eigenvalue weighted by atomic mass is 32.1. The molecule has 0 spiro atoms. The molecule has 1 fully saturated rings. The van der Waals surface area contributed by atoms with Gasteiger partial charge in [-0.25, -0.2) is 0 Å². The van der Waals surface area contributed by atoms with Crippen LogP contribution < -0.4 is 5.32 Å². The van der Waals surface area contributed by atoms with Crippen LogP contribution in [0.2, 0.25) is 0 Å². The minimum Gasteiger partial charge on any atom is -0.308 e. The molecule has 0 radical (unpaired) electrons. The van der Waals surface area contributed by atoms with Crippen LogP contribution in [0.1, 0.15) is 61.5 Å². The van der Waals surface area contributed by atoms with Gasteiger partial charge >= 0.3 is 0 Å². The van der Waals surface area contributed by atoms with Crippen molar-refractivity contribution < 1.29 is 0 Å². The molecule has 1 N–H and O–H groups in total. The fourth-order valence-corrected chi connectivity index (χ4v) is 2.73. The lowest BCUT2D eigenvalue weighted by atomic mass is 9.86. The van der Waals surface area contributed by atoms with Gasteiger partial charge in [-0.15, -0.1) is 10.2 Å². The molecule has 1 aromatic heterocycles. The van der Waals surface area contributed by atoms with E-state index in [1.807, 2.05) is 0 Å². The highest BCUT2D eigenvalue weighted by molar-refractivity contribution is 7.11. The molecule has 1 saturated carbocycles. The predicted molar refractivity (Wildman–Crippen MR) is 63.2 cm³/mol. The summed E-state index contributed by atoms with van der Waals surface area (Å²) in [7, 11) is 0. The third kappa shape index (κ3) is 2.55. The van der Waals surface area contributed by atoms with Crippen LogP contribution in [-0.4, -0.2) is 16.7 Å². The molecule has 3 nitrogen and oxygen atoms in total. The van der Waals surface area contributed by atoms with Gasteiger partial charge in [0.15, 0.2) is 0 Å². The van der Waals surface area contributed by atoms with Crippen molar-refractivity contribution >= 4 is 11.3 Å². The van der Waals surface area contributed by atoms with Crippen molar-refractivity contribution in [3.63, 3.8) is 0 Å². The van der Waals surface area contributed by atoms with Gasteiger partial charge in [-0.3, -0.25) is 0 Å². The third-order valence-electron chi connectivity index (χ3n) is 2.98. The fourth-order valence-electron chi connectivity index (χ4n) is 1.69. The van der Waals surface area contributed by atoms with Crippen LogP contribution in [-0.2, 0) is 0 Å². The van der Waals surface area contributed by atoms with Crippen LogP contribution in [0, 0.1) is 0 Å². The van der Waals surface area contributed by atoms with Crippen LogP contribution in [0.3, 0.4) is 0 Å². The maximum Gasteiger partial charge on any atom is 0.134 e. The maximum atomic E-state index is 4.30. The predicted octanol–water partition coefficient (Wildman–Crippen LogP) is 2.87. The lowest BCUT2D eigenvalue weighted by Gasteiger charge is -2.21. The SMILES string of the molecule is CCCNC(C)c1nnc(C2CCC2)s1. The summed E-state index contributed by atoms with van der Waals surface area (Å²) < 4.78 is 0. The largest absolute Gasteiger partial charge is 0.308 e. The topological polar surface area (TPSA) is 37.8 Å². The highest BCUT2D eigenvalue weighted by Crippen LogP contribution is 2.38. The van der Waals surface area contributed by atoms with E-state index in [0.29, 0.717) is 6.04 Å². The molecule has 1 unspecified atom stereocenters. The number of aromatic nitrogens is 2. The average Bonchev–Trinajstić information content (AvgIpc) is 2.60. The van der Waals surface area contributed by atoms with Gasteiger partial charge in [0.1, 0.15) is 10.0 Å². The van der Waals surface area contributed by atoms with Crippen LogP contribution in [0.15, 0.2) is 0 Å². The molecule has 4 heteroatoms. The van der Waals surface area contributed by atoms with Crippen LogP contribution in [0.5, 0.6) is 0 Å². The first-order valence-electron chi connectivity index (χ1n) is 5.88. The number of rotatable bonds is 5. The van der Waals surface area contributed by atoms with Gasteiger partial charge in [-0.05, 0) is 32.7 Å². The summed E-state index contributed by atoms with van der Waals surface area (Å²) in [5.74, 6) is 0.717. The Hall–Kier alpha value is -0.480. The molecule has 0 aromatic carbocycles. The van der Waals surface area contributed by atoms with Crippen molar-refractivity contribution in [2.24, 2.45) is 0 Å². The van der Waals surface area contributed by atoms with Gasteiger partial charge in [-0.2, -0.15) is 0 Å².